The summed E-state index contributed by atoms with van der Waals surface area (Å²) in [6, 6.07) is 0.598. The predicted octanol–water partition coefficient (Wildman–Crippen LogP) is 3.89. The highest BCUT2D eigenvalue weighted by atomic mass is 16.5. The van der Waals surface area contributed by atoms with Gasteiger partial charge in [0.2, 0.25) is 0 Å². The Bertz CT molecular complexity index is 231. The quantitative estimate of drug-likeness (QED) is 0.673. The van der Waals surface area contributed by atoms with E-state index in [9.17, 15) is 0 Å². The van der Waals surface area contributed by atoms with Crippen molar-refractivity contribution >= 4 is 0 Å². The smallest absolute Gasteiger partial charge is 0.0834 e. The zero-order valence-electron chi connectivity index (χ0n) is 12.3. The van der Waals surface area contributed by atoms with Gasteiger partial charge in [-0.1, -0.05) is 32.6 Å². The van der Waals surface area contributed by atoms with Crippen molar-refractivity contribution in [3.63, 3.8) is 0 Å². The van der Waals surface area contributed by atoms with E-state index in [0.29, 0.717) is 6.04 Å². The van der Waals surface area contributed by atoms with Gasteiger partial charge in [-0.3, -0.25) is 0 Å². The normalized spacial score (nSPS) is 24.3. The fourth-order valence-electron chi connectivity index (χ4n) is 3.53. The minimum absolute atomic E-state index is 0.165. The summed E-state index contributed by atoms with van der Waals surface area (Å²) in [5.74, 6) is 1.04. The Balaban J connectivity index is 1.93. The van der Waals surface area contributed by atoms with Gasteiger partial charge in [0.05, 0.1) is 5.60 Å². The van der Waals surface area contributed by atoms with E-state index >= 15 is 0 Å². The molecule has 18 heavy (non-hydrogen) atoms. The van der Waals surface area contributed by atoms with Gasteiger partial charge < -0.3 is 10.1 Å². The van der Waals surface area contributed by atoms with Crippen LogP contribution in [-0.2, 0) is 4.74 Å². The van der Waals surface area contributed by atoms with E-state index in [1.807, 2.05) is 0 Å². The average Bonchev–Trinajstić information content (AvgIpc) is 3.08. The molecule has 2 rings (SSSR count). The van der Waals surface area contributed by atoms with E-state index in [1.165, 1.54) is 57.8 Å². The Morgan fingerprint density at radius 1 is 1.22 bits per heavy atom. The predicted molar refractivity (Wildman–Crippen MR) is 76.9 cm³/mol. The van der Waals surface area contributed by atoms with Crippen molar-refractivity contribution < 1.29 is 4.74 Å². The third-order valence-corrected chi connectivity index (χ3v) is 4.72. The van der Waals surface area contributed by atoms with Crippen LogP contribution >= 0.6 is 0 Å². The van der Waals surface area contributed by atoms with Crippen LogP contribution in [0.5, 0.6) is 0 Å². The molecule has 0 spiro atoms. The van der Waals surface area contributed by atoms with Crippen LogP contribution in [0.15, 0.2) is 0 Å². The number of hydrogen-bond donors (Lipinski definition) is 1. The molecule has 0 aromatic heterocycles. The molecule has 1 atom stereocenters. The lowest BCUT2D eigenvalue weighted by atomic mass is 9.87. The first-order chi connectivity index (χ1) is 8.80. The van der Waals surface area contributed by atoms with Crippen molar-refractivity contribution in [1.29, 1.82) is 0 Å². The van der Waals surface area contributed by atoms with Crippen LogP contribution in [0.2, 0.25) is 0 Å². The molecule has 0 radical (unpaired) electrons. The molecule has 2 aliphatic carbocycles. The molecular formula is C16H31NO. The Morgan fingerprint density at radius 3 is 2.50 bits per heavy atom. The second-order valence-corrected chi connectivity index (χ2v) is 6.23. The van der Waals surface area contributed by atoms with Gasteiger partial charge in [-0.15, -0.1) is 0 Å². The van der Waals surface area contributed by atoms with Crippen molar-refractivity contribution in [1.82, 2.24) is 5.32 Å². The van der Waals surface area contributed by atoms with Crippen LogP contribution in [0.3, 0.4) is 0 Å². The second kappa shape index (κ2) is 6.91. The van der Waals surface area contributed by atoms with Crippen molar-refractivity contribution in [2.24, 2.45) is 5.92 Å². The fraction of sp³-hybridized carbons (Fsp3) is 1.00. The molecule has 106 valence electrons. The van der Waals surface area contributed by atoms with Gasteiger partial charge in [0.25, 0.3) is 0 Å². The lowest BCUT2D eigenvalue weighted by molar-refractivity contribution is -0.0637. The lowest BCUT2D eigenvalue weighted by Gasteiger charge is -2.38. The minimum Gasteiger partial charge on any atom is -0.374 e. The summed E-state index contributed by atoms with van der Waals surface area (Å²) < 4.78 is 6.24. The number of nitrogens with one attached hydrogen (secondary N) is 1. The van der Waals surface area contributed by atoms with E-state index in [0.717, 1.165) is 19.1 Å². The molecule has 0 aliphatic heterocycles. The standard InChI is InChI=1S/C16H31NO/c1-3-13-17-15(10-9-14-7-8-14)16(18-4-2)11-5-6-12-16/h14-15,17H,3-13H2,1-2H3. The van der Waals surface area contributed by atoms with Gasteiger partial charge in [0, 0.05) is 12.6 Å². The van der Waals surface area contributed by atoms with Crippen LogP contribution in [-0.4, -0.2) is 24.8 Å². The highest BCUT2D eigenvalue weighted by Crippen LogP contribution is 2.40. The molecule has 0 bridgehead atoms. The molecule has 2 saturated carbocycles. The maximum atomic E-state index is 6.24. The van der Waals surface area contributed by atoms with E-state index in [-0.39, 0.29) is 5.60 Å². The van der Waals surface area contributed by atoms with Gasteiger partial charge in [-0.25, -0.2) is 0 Å². The van der Waals surface area contributed by atoms with Gasteiger partial charge >= 0.3 is 0 Å². The maximum absolute atomic E-state index is 6.24. The summed E-state index contributed by atoms with van der Waals surface area (Å²) in [6.07, 6.45) is 12.2. The van der Waals surface area contributed by atoms with Crippen molar-refractivity contribution in [3.05, 3.63) is 0 Å². The Hall–Kier alpha value is -0.0800. The van der Waals surface area contributed by atoms with Crippen molar-refractivity contribution in [2.45, 2.75) is 83.3 Å². The second-order valence-electron chi connectivity index (χ2n) is 6.23. The first kappa shape index (κ1) is 14.3. The van der Waals surface area contributed by atoms with Crippen LogP contribution in [0, 0.1) is 5.92 Å². The minimum atomic E-state index is 0.165. The van der Waals surface area contributed by atoms with Gasteiger partial charge in [0.15, 0.2) is 0 Å². The number of rotatable bonds is 9. The summed E-state index contributed by atoms with van der Waals surface area (Å²) >= 11 is 0. The van der Waals surface area contributed by atoms with E-state index in [4.69, 9.17) is 4.74 Å². The van der Waals surface area contributed by atoms with Crippen molar-refractivity contribution in [3.8, 4) is 0 Å². The molecular weight excluding hydrogens is 222 g/mol. The SMILES string of the molecule is CCCNC(CCC1CC1)C1(OCC)CCCC1. The highest BCUT2D eigenvalue weighted by molar-refractivity contribution is 4.97. The molecule has 0 amide bonds. The summed E-state index contributed by atoms with van der Waals surface area (Å²) in [5.41, 5.74) is 0.165. The molecule has 1 N–H and O–H groups in total. The van der Waals surface area contributed by atoms with Gasteiger partial charge in [-0.05, 0) is 51.5 Å². The molecule has 2 nitrogen and oxygen atoms in total. The first-order valence-electron chi connectivity index (χ1n) is 8.18. The van der Waals surface area contributed by atoms with Crippen molar-refractivity contribution in [2.75, 3.05) is 13.2 Å². The van der Waals surface area contributed by atoms with Crippen LogP contribution < -0.4 is 5.32 Å². The third-order valence-electron chi connectivity index (χ3n) is 4.72. The molecule has 0 saturated heterocycles. The Kier molecular flexibility index (Phi) is 5.50. The summed E-state index contributed by atoms with van der Waals surface area (Å²) in [5, 5.41) is 3.80. The van der Waals surface area contributed by atoms with E-state index in [2.05, 4.69) is 19.2 Å². The van der Waals surface area contributed by atoms with Crippen LogP contribution in [0.1, 0.15) is 71.6 Å². The van der Waals surface area contributed by atoms with Crippen LogP contribution in [0.25, 0.3) is 0 Å². The van der Waals surface area contributed by atoms with Gasteiger partial charge in [-0.2, -0.15) is 0 Å². The number of hydrogen-bond acceptors (Lipinski definition) is 2. The summed E-state index contributed by atoms with van der Waals surface area (Å²) in [7, 11) is 0. The largest absolute Gasteiger partial charge is 0.374 e. The molecule has 0 heterocycles. The average molecular weight is 253 g/mol. The molecule has 0 aromatic carbocycles. The van der Waals surface area contributed by atoms with Crippen LogP contribution in [0.4, 0.5) is 0 Å². The molecule has 1 unspecified atom stereocenters. The number of ether oxygens (including phenoxy) is 1. The van der Waals surface area contributed by atoms with Gasteiger partial charge in [0.1, 0.15) is 0 Å². The third kappa shape index (κ3) is 3.71. The topological polar surface area (TPSA) is 21.3 Å². The first-order valence-corrected chi connectivity index (χ1v) is 8.18. The highest BCUT2D eigenvalue weighted by Gasteiger charge is 2.42. The Morgan fingerprint density at radius 2 is 1.94 bits per heavy atom. The molecule has 2 heteroatoms. The lowest BCUT2D eigenvalue weighted by Crippen LogP contribution is -2.51. The maximum Gasteiger partial charge on any atom is 0.0834 e. The van der Waals surface area contributed by atoms with E-state index in [1.54, 1.807) is 0 Å². The van der Waals surface area contributed by atoms with E-state index < -0.39 is 0 Å². The monoisotopic (exact) mass is 253 g/mol. The Labute approximate surface area is 113 Å². The summed E-state index contributed by atoms with van der Waals surface area (Å²) in [6.45, 7) is 6.42. The summed E-state index contributed by atoms with van der Waals surface area (Å²) in [4.78, 5) is 0. The fourth-order valence-corrected chi connectivity index (χ4v) is 3.53. The molecule has 2 fully saturated rings. The molecule has 0 aromatic rings. The zero-order chi connectivity index (χ0) is 12.8. The molecule has 2 aliphatic rings. The zero-order valence-corrected chi connectivity index (χ0v) is 12.3.